The van der Waals surface area contributed by atoms with Crippen molar-refractivity contribution in [1.29, 1.82) is 0 Å². The van der Waals surface area contributed by atoms with Crippen LogP contribution in [-0.4, -0.2) is 7.05 Å². The van der Waals surface area contributed by atoms with E-state index in [0.717, 1.165) is 9.35 Å². The number of rotatable bonds is 4. The molecule has 1 aromatic heterocycles. The molecular formula is C14H12Br2F3NS. The monoisotopic (exact) mass is 441 g/mol. The van der Waals surface area contributed by atoms with Gasteiger partial charge in [-0.25, -0.2) is 0 Å². The highest BCUT2D eigenvalue weighted by Gasteiger charge is 2.34. The number of hydrogen-bond donors (Lipinski definition) is 0. The first-order chi connectivity index (χ1) is 9.81. The minimum Gasteiger partial charge on any atom is -0.370 e. The first-order valence-corrected chi connectivity index (χ1v) is 8.81. The van der Waals surface area contributed by atoms with Gasteiger partial charge < -0.3 is 4.90 Å². The molecule has 7 heteroatoms. The van der Waals surface area contributed by atoms with E-state index in [1.165, 1.54) is 23.5 Å². The first kappa shape index (κ1) is 16.8. The second kappa shape index (κ2) is 6.71. The molecule has 0 N–H and O–H groups in total. The van der Waals surface area contributed by atoms with Crippen molar-refractivity contribution in [2.45, 2.75) is 18.1 Å². The Morgan fingerprint density at radius 2 is 1.90 bits per heavy atom. The average molecular weight is 443 g/mol. The van der Waals surface area contributed by atoms with Crippen LogP contribution < -0.4 is 4.90 Å². The molecule has 2 aromatic rings. The Morgan fingerprint density at radius 3 is 2.43 bits per heavy atom. The molecule has 0 aliphatic carbocycles. The molecule has 114 valence electrons. The quantitative estimate of drug-likeness (QED) is 0.520. The van der Waals surface area contributed by atoms with E-state index in [1.54, 1.807) is 18.0 Å². The second-order valence-electron chi connectivity index (χ2n) is 4.60. The van der Waals surface area contributed by atoms with E-state index in [-0.39, 0.29) is 5.69 Å². The van der Waals surface area contributed by atoms with E-state index >= 15 is 0 Å². The summed E-state index contributed by atoms with van der Waals surface area (Å²) in [7, 11) is 1.67. The van der Waals surface area contributed by atoms with Gasteiger partial charge in [-0.1, -0.05) is 22.0 Å². The van der Waals surface area contributed by atoms with Gasteiger partial charge in [0.15, 0.2) is 0 Å². The summed E-state index contributed by atoms with van der Waals surface area (Å²) in [5, 5.41) is 2.33. The minimum absolute atomic E-state index is 0.189. The summed E-state index contributed by atoms with van der Waals surface area (Å²) in [5.74, 6) is 0. The van der Waals surface area contributed by atoms with Crippen LogP contribution in [0.2, 0.25) is 0 Å². The largest absolute Gasteiger partial charge is 0.418 e. The Morgan fingerprint density at radius 1 is 1.19 bits per heavy atom. The molecule has 2 rings (SSSR count). The predicted octanol–water partition coefficient (Wildman–Crippen LogP) is 6.06. The lowest BCUT2D eigenvalue weighted by atomic mass is 10.1. The molecule has 0 fully saturated rings. The molecular weight excluding hydrogens is 431 g/mol. The molecule has 0 amide bonds. The molecule has 0 spiro atoms. The third kappa shape index (κ3) is 4.23. The van der Waals surface area contributed by atoms with Crippen molar-refractivity contribution in [1.82, 2.24) is 0 Å². The number of thiophene rings is 1. The van der Waals surface area contributed by atoms with Gasteiger partial charge in [-0.15, -0.1) is 11.3 Å². The molecule has 0 aliphatic rings. The van der Waals surface area contributed by atoms with Crippen LogP contribution in [-0.2, 0) is 18.1 Å². The smallest absolute Gasteiger partial charge is 0.370 e. The van der Waals surface area contributed by atoms with Gasteiger partial charge in [0.25, 0.3) is 0 Å². The zero-order valence-corrected chi connectivity index (χ0v) is 15.0. The number of halogens is 5. The van der Waals surface area contributed by atoms with E-state index in [0.29, 0.717) is 17.4 Å². The lowest BCUT2D eigenvalue weighted by molar-refractivity contribution is -0.137. The van der Waals surface area contributed by atoms with Gasteiger partial charge in [0.2, 0.25) is 0 Å². The zero-order valence-electron chi connectivity index (χ0n) is 11.0. The standard InChI is InChI=1S/C14H12Br2F3NS/c1-20(7-10-5-13(16)21-8-10)12-3-2-9(6-15)4-11(12)14(17,18)19/h2-5,8H,6-7H2,1H3. The summed E-state index contributed by atoms with van der Waals surface area (Å²) in [4.78, 5) is 1.62. The van der Waals surface area contributed by atoms with Gasteiger partial charge in [-0.05, 0) is 50.6 Å². The number of hydrogen-bond acceptors (Lipinski definition) is 2. The van der Waals surface area contributed by atoms with Crippen LogP contribution in [0.25, 0.3) is 0 Å². The van der Waals surface area contributed by atoms with E-state index in [1.807, 2.05) is 11.4 Å². The zero-order chi connectivity index (χ0) is 15.6. The number of alkyl halides is 4. The van der Waals surface area contributed by atoms with Crippen LogP contribution >= 0.6 is 43.2 Å². The molecule has 0 aliphatic heterocycles. The van der Waals surface area contributed by atoms with Crippen molar-refractivity contribution in [2.24, 2.45) is 0 Å². The average Bonchev–Trinajstić information content (AvgIpc) is 2.82. The fourth-order valence-electron chi connectivity index (χ4n) is 2.01. The van der Waals surface area contributed by atoms with Crippen LogP contribution in [0.1, 0.15) is 16.7 Å². The summed E-state index contributed by atoms with van der Waals surface area (Å²) >= 11 is 8.07. The minimum atomic E-state index is -4.36. The van der Waals surface area contributed by atoms with E-state index in [2.05, 4.69) is 31.9 Å². The maximum absolute atomic E-state index is 13.2. The SMILES string of the molecule is CN(Cc1csc(Br)c1)c1ccc(CBr)cc1C(F)(F)F. The highest BCUT2D eigenvalue weighted by atomic mass is 79.9. The Bertz CT molecular complexity index is 625. The molecule has 0 radical (unpaired) electrons. The third-order valence-electron chi connectivity index (χ3n) is 2.97. The van der Waals surface area contributed by atoms with Crippen molar-refractivity contribution in [2.75, 3.05) is 11.9 Å². The van der Waals surface area contributed by atoms with Gasteiger partial charge in [-0.2, -0.15) is 13.2 Å². The normalized spacial score (nSPS) is 11.7. The van der Waals surface area contributed by atoms with Crippen LogP contribution in [0.4, 0.5) is 18.9 Å². The van der Waals surface area contributed by atoms with Crippen LogP contribution in [0.15, 0.2) is 33.4 Å². The topological polar surface area (TPSA) is 3.24 Å². The van der Waals surface area contributed by atoms with Gasteiger partial charge in [0, 0.05) is 24.6 Å². The van der Waals surface area contributed by atoms with Gasteiger partial charge in [0.1, 0.15) is 0 Å². The number of benzene rings is 1. The molecule has 0 atom stereocenters. The van der Waals surface area contributed by atoms with E-state index in [9.17, 15) is 13.2 Å². The summed E-state index contributed by atoms with van der Waals surface area (Å²) in [6, 6.07) is 6.35. The Hall–Kier alpha value is -0.530. The third-order valence-corrected chi connectivity index (χ3v) is 5.17. The van der Waals surface area contributed by atoms with Crippen molar-refractivity contribution >= 4 is 48.9 Å². The van der Waals surface area contributed by atoms with Gasteiger partial charge >= 0.3 is 6.18 Å². The highest BCUT2D eigenvalue weighted by Crippen LogP contribution is 2.38. The summed E-state index contributed by atoms with van der Waals surface area (Å²) in [5.41, 5.74) is 1.18. The molecule has 0 saturated heterocycles. The summed E-state index contributed by atoms with van der Waals surface area (Å²) in [6.07, 6.45) is -4.36. The molecule has 1 aromatic carbocycles. The van der Waals surface area contributed by atoms with Crippen molar-refractivity contribution in [3.8, 4) is 0 Å². The Labute approximate surface area is 142 Å². The first-order valence-electron chi connectivity index (χ1n) is 6.01. The molecule has 1 heterocycles. The van der Waals surface area contributed by atoms with E-state index in [4.69, 9.17) is 0 Å². The predicted molar refractivity (Wildman–Crippen MR) is 88.2 cm³/mol. The fourth-order valence-corrected chi connectivity index (χ4v) is 3.56. The van der Waals surface area contributed by atoms with Crippen LogP contribution in [0.5, 0.6) is 0 Å². The molecule has 0 saturated carbocycles. The van der Waals surface area contributed by atoms with Crippen molar-refractivity contribution < 1.29 is 13.2 Å². The van der Waals surface area contributed by atoms with Crippen molar-refractivity contribution in [3.05, 3.63) is 50.1 Å². The van der Waals surface area contributed by atoms with E-state index < -0.39 is 11.7 Å². The highest BCUT2D eigenvalue weighted by molar-refractivity contribution is 9.11. The summed E-state index contributed by atoms with van der Waals surface area (Å²) in [6.45, 7) is 0.429. The van der Waals surface area contributed by atoms with Gasteiger partial charge in [-0.3, -0.25) is 0 Å². The number of nitrogens with zero attached hydrogens (tertiary/aromatic N) is 1. The molecule has 0 bridgehead atoms. The van der Waals surface area contributed by atoms with Gasteiger partial charge in [0.05, 0.1) is 9.35 Å². The molecule has 21 heavy (non-hydrogen) atoms. The lowest BCUT2D eigenvalue weighted by Crippen LogP contribution is -2.20. The maximum atomic E-state index is 13.2. The Kier molecular flexibility index (Phi) is 5.38. The Balaban J connectivity index is 2.33. The maximum Gasteiger partial charge on any atom is 0.418 e. The number of anilines is 1. The second-order valence-corrected chi connectivity index (χ2v) is 7.45. The summed E-state index contributed by atoms with van der Waals surface area (Å²) < 4.78 is 40.6. The van der Waals surface area contributed by atoms with Crippen LogP contribution in [0, 0.1) is 0 Å². The molecule has 1 nitrogen and oxygen atoms in total. The fraction of sp³-hybridized carbons (Fsp3) is 0.286. The lowest BCUT2D eigenvalue weighted by Gasteiger charge is -2.23. The molecule has 0 unspecified atom stereocenters. The van der Waals surface area contributed by atoms with Crippen molar-refractivity contribution in [3.63, 3.8) is 0 Å². The van der Waals surface area contributed by atoms with Crippen LogP contribution in [0.3, 0.4) is 0 Å².